The predicted molar refractivity (Wildman–Crippen MR) is 107 cm³/mol. The number of hydrogen-bond donors (Lipinski definition) is 1. The van der Waals surface area contributed by atoms with Crippen molar-refractivity contribution in [3.8, 4) is 6.07 Å². The maximum atomic E-state index is 12.5. The first-order chi connectivity index (χ1) is 13.2. The molecule has 1 aromatic carbocycles. The van der Waals surface area contributed by atoms with Crippen molar-refractivity contribution in [3.63, 3.8) is 0 Å². The average Bonchev–Trinajstić information content (AvgIpc) is 2.72. The van der Waals surface area contributed by atoms with Crippen LogP contribution in [0.2, 0.25) is 0 Å². The van der Waals surface area contributed by atoms with Crippen LogP contribution in [0.5, 0.6) is 0 Å². The highest BCUT2D eigenvalue weighted by molar-refractivity contribution is 5.92. The zero-order chi connectivity index (χ0) is 19.5. The number of carbonyl (C=O) groups is 2. The summed E-state index contributed by atoms with van der Waals surface area (Å²) in [6.45, 7) is 4.01. The second kappa shape index (κ2) is 11.2. The molecule has 27 heavy (non-hydrogen) atoms. The van der Waals surface area contributed by atoms with Gasteiger partial charge in [-0.2, -0.15) is 5.26 Å². The number of unbranched alkanes of at least 4 members (excludes halogenated alkanes) is 3. The maximum Gasteiger partial charge on any atom is 0.246 e. The summed E-state index contributed by atoms with van der Waals surface area (Å²) in [5.41, 5.74) is 1.27. The normalized spacial score (nSPS) is 16.9. The molecule has 5 nitrogen and oxygen atoms in total. The number of likely N-dealkylation sites (tertiary alicyclic amines) is 1. The number of carbonyl (C=O) groups excluding carboxylic acids is 2. The summed E-state index contributed by atoms with van der Waals surface area (Å²) in [6.07, 6.45) is 9.37. The van der Waals surface area contributed by atoms with Crippen LogP contribution in [0.3, 0.4) is 0 Å². The van der Waals surface area contributed by atoms with E-state index in [1.165, 1.54) is 18.9 Å². The Morgan fingerprint density at radius 3 is 2.89 bits per heavy atom. The van der Waals surface area contributed by atoms with E-state index in [1.54, 1.807) is 23.1 Å². The summed E-state index contributed by atoms with van der Waals surface area (Å²) in [7, 11) is 0. The summed E-state index contributed by atoms with van der Waals surface area (Å²) in [5, 5.41) is 12.1. The van der Waals surface area contributed by atoms with Crippen molar-refractivity contribution >= 4 is 17.9 Å². The van der Waals surface area contributed by atoms with Crippen LogP contribution < -0.4 is 5.32 Å². The highest BCUT2D eigenvalue weighted by Crippen LogP contribution is 2.18. The van der Waals surface area contributed by atoms with Gasteiger partial charge in [-0.1, -0.05) is 44.4 Å². The lowest BCUT2D eigenvalue weighted by molar-refractivity contribution is -0.132. The third kappa shape index (κ3) is 6.56. The van der Waals surface area contributed by atoms with E-state index in [-0.39, 0.29) is 17.7 Å². The van der Waals surface area contributed by atoms with Crippen LogP contribution in [0.1, 0.15) is 56.6 Å². The third-order valence-corrected chi connectivity index (χ3v) is 4.92. The SMILES string of the molecule is CCCCCCNC(=O)C1CCCN(C(=O)/C=C/c2ccccc2C#N)C1. The summed E-state index contributed by atoms with van der Waals surface area (Å²) in [6, 6.07) is 9.30. The molecule has 1 fully saturated rings. The Morgan fingerprint density at radius 2 is 2.11 bits per heavy atom. The summed E-state index contributed by atoms with van der Waals surface area (Å²) < 4.78 is 0. The van der Waals surface area contributed by atoms with Crippen LogP contribution in [0.4, 0.5) is 0 Å². The van der Waals surface area contributed by atoms with Gasteiger partial charge in [0.05, 0.1) is 17.6 Å². The molecular weight excluding hydrogens is 338 g/mol. The van der Waals surface area contributed by atoms with E-state index in [2.05, 4.69) is 18.3 Å². The summed E-state index contributed by atoms with van der Waals surface area (Å²) >= 11 is 0. The molecule has 1 aliphatic heterocycles. The number of piperidine rings is 1. The lowest BCUT2D eigenvalue weighted by atomic mass is 9.97. The van der Waals surface area contributed by atoms with Gasteiger partial charge in [-0.25, -0.2) is 0 Å². The molecule has 0 aromatic heterocycles. The Hall–Kier alpha value is -2.61. The second-order valence-corrected chi connectivity index (χ2v) is 7.01. The van der Waals surface area contributed by atoms with Crippen LogP contribution in [0.25, 0.3) is 6.08 Å². The highest BCUT2D eigenvalue weighted by Gasteiger charge is 2.27. The second-order valence-electron chi connectivity index (χ2n) is 7.01. The first kappa shape index (κ1) is 20.7. The van der Waals surface area contributed by atoms with E-state index in [0.717, 1.165) is 31.2 Å². The van der Waals surface area contributed by atoms with Crippen molar-refractivity contribution in [3.05, 3.63) is 41.5 Å². The molecule has 1 aromatic rings. The van der Waals surface area contributed by atoms with Gasteiger partial charge in [-0.3, -0.25) is 9.59 Å². The van der Waals surface area contributed by atoms with Gasteiger partial charge in [0.15, 0.2) is 0 Å². The fourth-order valence-electron chi connectivity index (χ4n) is 3.31. The first-order valence-corrected chi connectivity index (χ1v) is 9.89. The first-order valence-electron chi connectivity index (χ1n) is 9.89. The number of nitrogens with zero attached hydrogens (tertiary/aromatic N) is 2. The predicted octanol–water partition coefficient (Wildman–Crippen LogP) is 3.51. The van der Waals surface area contributed by atoms with Crippen LogP contribution in [0, 0.1) is 17.2 Å². The van der Waals surface area contributed by atoms with Crippen LogP contribution in [0.15, 0.2) is 30.3 Å². The molecule has 0 spiro atoms. The topological polar surface area (TPSA) is 73.2 Å². The number of nitrogens with one attached hydrogen (secondary N) is 1. The molecule has 0 aliphatic carbocycles. The quantitative estimate of drug-likeness (QED) is 0.564. The van der Waals surface area contributed by atoms with Crippen molar-refractivity contribution < 1.29 is 9.59 Å². The lowest BCUT2D eigenvalue weighted by Gasteiger charge is -2.31. The van der Waals surface area contributed by atoms with Gasteiger partial charge >= 0.3 is 0 Å². The van der Waals surface area contributed by atoms with E-state index >= 15 is 0 Å². The Balaban J connectivity index is 1.85. The fraction of sp³-hybridized carbons (Fsp3) is 0.500. The van der Waals surface area contributed by atoms with E-state index in [1.807, 2.05) is 12.1 Å². The fourth-order valence-corrected chi connectivity index (χ4v) is 3.31. The molecule has 2 rings (SSSR count). The molecule has 0 radical (unpaired) electrons. The molecule has 1 atom stereocenters. The molecule has 1 saturated heterocycles. The molecule has 1 heterocycles. The monoisotopic (exact) mass is 367 g/mol. The minimum Gasteiger partial charge on any atom is -0.356 e. The van der Waals surface area contributed by atoms with Crippen molar-refractivity contribution in [1.29, 1.82) is 5.26 Å². The van der Waals surface area contributed by atoms with Crippen LogP contribution in [-0.2, 0) is 9.59 Å². The lowest BCUT2D eigenvalue weighted by Crippen LogP contribution is -2.45. The standard InChI is InChI=1S/C22H29N3O2/c1-2-3-4-7-14-24-22(27)20-11-8-15-25(17-20)21(26)13-12-18-9-5-6-10-19(18)16-23/h5-6,9-10,12-13,20H,2-4,7-8,11,14-15,17H2,1H3,(H,24,27)/b13-12+. The number of amides is 2. The Bertz CT molecular complexity index is 706. The summed E-state index contributed by atoms with van der Waals surface area (Å²) in [5.74, 6) is -0.181. The van der Waals surface area contributed by atoms with Gasteiger partial charge in [0.1, 0.15) is 0 Å². The van der Waals surface area contributed by atoms with Gasteiger partial charge in [-0.15, -0.1) is 0 Å². The van der Waals surface area contributed by atoms with Crippen molar-refractivity contribution in [2.24, 2.45) is 5.92 Å². The smallest absolute Gasteiger partial charge is 0.246 e. The van der Waals surface area contributed by atoms with Gasteiger partial charge in [-0.05, 0) is 37.0 Å². The maximum absolute atomic E-state index is 12.5. The van der Waals surface area contributed by atoms with Crippen LogP contribution >= 0.6 is 0 Å². The van der Waals surface area contributed by atoms with E-state index in [4.69, 9.17) is 5.26 Å². The number of hydrogen-bond acceptors (Lipinski definition) is 3. The molecule has 1 unspecified atom stereocenters. The van der Waals surface area contributed by atoms with Gasteiger partial charge in [0.2, 0.25) is 11.8 Å². The number of nitriles is 1. The molecule has 144 valence electrons. The van der Waals surface area contributed by atoms with E-state index < -0.39 is 0 Å². The van der Waals surface area contributed by atoms with Gasteiger partial charge in [0.25, 0.3) is 0 Å². The van der Waals surface area contributed by atoms with Crippen LogP contribution in [-0.4, -0.2) is 36.3 Å². The Kier molecular flexibility index (Phi) is 8.57. The molecule has 1 aliphatic rings. The molecule has 1 N–H and O–H groups in total. The van der Waals surface area contributed by atoms with Gasteiger partial charge in [0, 0.05) is 25.7 Å². The zero-order valence-corrected chi connectivity index (χ0v) is 16.1. The summed E-state index contributed by atoms with van der Waals surface area (Å²) in [4.78, 5) is 26.6. The van der Waals surface area contributed by atoms with E-state index in [0.29, 0.717) is 25.2 Å². The molecule has 0 bridgehead atoms. The van der Waals surface area contributed by atoms with Gasteiger partial charge < -0.3 is 10.2 Å². The van der Waals surface area contributed by atoms with Crippen molar-refractivity contribution in [2.45, 2.75) is 45.4 Å². The molecule has 5 heteroatoms. The molecular formula is C22H29N3O2. The average molecular weight is 367 g/mol. The molecule has 2 amide bonds. The number of benzene rings is 1. The Labute approximate surface area is 162 Å². The van der Waals surface area contributed by atoms with Crippen molar-refractivity contribution in [2.75, 3.05) is 19.6 Å². The Morgan fingerprint density at radius 1 is 1.30 bits per heavy atom. The highest BCUT2D eigenvalue weighted by atomic mass is 16.2. The largest absolute Gasteiger partial charge is 0.356 e. The third-order valence-electron chi connectivity index (χ3n) is 4.92. The van der Waals surface area contributed by atoms with Crippen molar-refractivity contribution in [1.82, 2.24) is 10.2 Å². The zero-order valence-electron chi connectivity index (χ0n) is 16.1. The van der Waals surface area contributed by atoms with E-state index in [9.17, 15) is 9.59 Å². The minimum absolute atomic E-state index is 0.0582. The molecule has 0 saturated carbocycles. The number of rotatable bonds is 8. The minimum atomic E-state index is -0.131.